The van der Waals surface area contributed by atoms with Crippen LogP contribution in [0.2, 0.25) is 0 Å². The maximum absolute atomic E-state index is 10.9. The summed E-state index contributed by atoms with van der Waals surface area (Å²) >= 11 is 0. The highest BCUT2D eigenvalue weighted by Crippen LogP contribution is 2.60. The molecule has 2 saturated carbocycles. The molecular formula is C18H27NO. The van der Waals surface area contributed by atoms with Crippen molar-refractivity contribution in [3.63, 3.8) is 0 Å². The summed E-state index contributed by atoms with van der Waals surface area (Å²) < 4.78 is 0. The number of fused-ring (bicyclic) bond motifs is 2. The standard InChI is InChI=1S/C18H27NO/c1-4-19(13-14-8-6-5-7-9-14)18-11-10-15(12-18)17(2,3)16(18)20/h5-9,15-16,20H,4,10-13H2,1-3H3/t15-,16-,18-/m1/s1. The summed E-state index contributed by atoms with van der Waals surface area (Å²) in [5.41, 5.74) is 1.44. The van der Waals surface area contributed by atoms with E-state index in [2.05, 4.69) is 56.0 Å². The molecule has 1 N–H and O–H groups in total. The molecule has 0 heterocycles. The highest BCUT2D eigenvalue weighted by Gasteiger charge is 2.63. The second-order valence-electron chi connectivity index (χ2n) is 7.27. The molecule has 2 fully saturated rings. The summed E-state index contributed by atoms with van der Waals surface area (Å²) in [6, 6.07) is 10.7. The molecule has 2 aliphatic carbocycles. The molecule has 2 aliphatic rings. The van der Waals surface area contributed by atoms with Crippen LogP contribution in [0.25, 0.3) is 0 Å². The number of hydrogen-bond acceptors (Lipinski definition) is 2. The Bertz CT molecular complexity index is 470. The number of likely N-dealkylation sites (N-methyl/N-ethyl adjacent to an activating group) is 1. The first kappa shape index (κ1) is 14.1. The van der Waals surface area contributed by atoms with Crippen LogP contribution in [0.4, 0.5) is 0 Å². The fourth-order valence-corrected chi connectivity index (χ4v) is 4.70. The first-order valence-corrected chi connectivity index (χ1v) is 7.98. The second kappa shape index (κ2) is 4.85. The molecule has 0 saturated heterocycles. The van der Waals surface area contributed by atoms with E-state index in [1.807, 2.05) is 0 Å². The third-order valence-electron chi connectivity index (χ3n) is 6.02. The molecule has 0 amide bonds. The van der Waals surface area contributed by atoms with E-state index in [0.29, 0.717) is 5.92 Å². The minimum absolute atomic E-state index is 0.0127. The zero-order chi connectivity index (χ0) is 14.4. The van der Waals surface area contributed by atoms with Gasteiger partial charge >= 0.3 is 0 Å². The maximum Gasteiger partial charge on any atom is 0.0777 e. The molecule has 0 spiro atoms. The van der Waals surface area contributed by atoms with Gasteiger partial charge in [0.1, 0.15) is 0 Å². The summed E-state index contributed by atoms with van der Waals surface area (Å²) in [4.78, 5) is 2.53. The topological polar surface area (TPSA) is 23.5 Å². The summed E-state index contributed by atoms with van der Waals surface area (Å²) in [7, 11) is 0. The van der Waals surface area contributed by atoms with Crippen LogP contribution in [0.15, 0.2) is 30.3 Å². The van der Waals surface area contributed by atoms with Crippen LogP contribution in [0, 0.1) is 11.3 Å². The van der Waals surface area contributed by atoms with E-state index >= 15 is 0 Å². The third kappa shape index (κ3) is 1.93. The van der Waals surface area contributed by atoms with E-state index in [1.165, 1.54) is 18.4 Å². The molecule has 0 aliphatic heterocycles. The Morgan fingerprint density at radius 1 is 1.25 bits per heavy atom. The van der Waals surface area contributed by atoms with Crippen molar-refractivity contribution in [2.24, 2.45) is 11.3 Å². The fourth-order valence-electron chi connectivity index (χ4n) is 4.70. The summed E-state index contributed by atoms with van der Waals surface area (Å²) in [5, 5.41) is 10.9. The van der Waals surface area contributed by atoms with Gasteiger partial charge in [-0.3, -0.25) is 4.90 Å². The number of benzene rings is 1. The van der Waals surface area contributed by atoms with Gasteiger partial charge in [0.05, 0.1) is 6.10 Å². The molecule has 3 atom stereocenters. The molecular weight excluding hydrogens is 246 g/mol. The van der Waals surface area contributed by atoms with Crippen LogP contribution >= 0.6 is 0 Å². The van der Waals surface area contributed by atoms with Crippen molar-refractivity contribution in [3.05, 3.63) is 35.9 Å². The largest absolute Gasteiger partial charge is 0.391 e. The van der Waals surface area contributed by atoms with Crippen LogP contribution in [0.5, 0.6) is 0 Å². The smallest absolute Gasteiger partial charge is 0.0777 e. The monoisotopic (exact) mass is 273 g/mol. The van der Waals surface area contributed by atoms with Gasteiger partial charge in [-0.25, -0.2) is 0 Å². The quantitative estimate of drug-likeness (QED) is 0.908. The number of aliphatic hydroxyl groups is 1. The van der Waals surface area contributed by atoms with Gasteiger partial charge < -0.3 is 5.11 Å². The Morgan fingerprint density at radius 3 is 2.50 bits per heavy atom. The van der Waals surface area contributed by atoms with Crippen LogP contribution < -0.4 is 0 Å². The highest BCUT2D eigenvalue weighted by atomic mass is 16.3. The lowest BCUT2D eigenvalue weighted by Gasteiger charge is -2.47. The molecule has 3 rings (SSSR count). The van der Waals surface area contributed by atoms with Crippen molar-refractivity contribution in [1.82, 2.24) is 4.90 Å². The van der Waals surface area contributed by atoms with Crippen molar-refractivity contribution < 1.29 is 5.11 Å². The summed E-state index contributed by atoms with van der Waals surface area (Å²) in [6.07, 6.45) is 3.40. The van der Waals surface area contributed by atoms with Crippen LogP contribution in [0.3, 0.4) is 0 Å². The lowest BCUT2D eigenvalue weighted by Crippen LogP contribution is -2.56. The molecule has 0 radical (unpaired) electrons. The lowest BCUT2D eigenvalue weighted by molar-refractivity contribution is -0.0735. The SMILES string of the molecule is CCN(Cc1ccccc1)[C@]12CC[C@H](C1)C(C)(C)[C@H]2O. The van der Waals surface area contributed by atoms with Gasteiger partial charge in [0, 0.05) is 12.1 Å². The van der Waals surface area contributed by atoms with E-state index in [0.717, 1.165) is 19.5 Å². The lowest BCUT2D eigenvalue weighted by atomic mass is 9.72. The van der Waals surface area contributed by atoms with E-state index in [-0.39, 0.29) is 17.1 Å². The Kier molecular flexibility index (Phi) is 3.42. The average molecular weight is 273 g/mol. The van der Waals surface area contributed by atoms with Crippen molar-refractivity contribution >= 4 is 0 Å². The first-order valence-electron chi connectivity index (χ1n) is 7.98. The maximum atomic E-state index is 10.9. The number of rotatable bonds is 4. The molecule has 110 valence electrons. The summed E-state index contributed by atoms with van der Waals surface area (Å²) in [6.45, 7) is 8.69. The van der Waals surface area contributed by atoms with E-state index < -0.39 is 0 Å². The van der Waals surface area contributed by atoms with Gasteiger partial charge in [-0.15, -0.1) is 0 Å². The van der Waals surface area contributed by atoms with Crippen molar-refractivity contribution in [2.75, 3.05) is 6.54 Å². The first-order chi connectivity index (χ1) is 9.50. The zero-order valence-electron chi connectivity index (χ0n) is 13.0. The van der Waals surface area contributed by atoms with Crippen LogP contribution in [-0.4, -0.2) is 28.2 Å². The number of hydrogen-bond donors (Lipinski definition) is 1. The van der Waals surface area contributed by atoms with Gasteiger partial charge in [-0.2, -0.15) is 0 Å². The van der Waals surface area contributed by atoms with Gasteiger partial charge in [0.25, 0.3) is 0 Å². The molecule has 1 aromatic carbocycles. The third-order valence-corrected chi connectivity index (χ3v) is 6.02. The van der Waals surface area contributed by atoms with Crippen LogP contribution in [-0.2, 0) is 6.54 Å². The highest BCUT2D eigenvalue weighted by molar-refractivity contribution is 5.20. The van der Waals surface area contributed by atoms with E-state index in [9.17, 15) is 5.11 Å². The molecule has 2 heteroatoms. The zero-order valence-corrected chi connectivity index (χ0v) is 13.0. The molecule has 20 heavy (non-hydrogen) atoms. The predicted octanol–water partition coefficient (Wildman–Crippen LogP) is 3.45. The Balaban J connectivity index is 1.86. The van der Waals surface area contributed by atoms with Crippen molar-refractivity contribution in [2.45, 2.75) is 58.2 Å². The summed E-state index contributed by atoms with van der Waals surface area (Å²) in [5.74, 6) is 0.683. The minimum Gasteiger partial charge on any atom is -0.391 e. The second-order valence-corrected chi connectivity index (χ2v) is 7.27. The van der Waals surface area contributed by atoms with Crippen LogP contribution in [0.1, 0.15) is 45.6 Å². The Labute approximate surface area is 122 Å². The van der Waals surface area contributed by atoms with Gasteiger partial charge in [0.15, 0.2) is 0 Å². The molecule has 2 bridgehead atoms. The van der Waals surface area contributed by atoms with Gasteiger partial charge in [-0.1, -0.05) is 51.1 Å². The Morgan fingerprint density at radius 2 is 1.95 bits per heavy atom. The minimum atomic E-state index is -0.197. The molecule has 0 aromatic heterocycles. The Hall–Kier alpha value is -0.860. The molecule has 2 nitrogen and oxygen atoms in total. The average Bonchev–Trinajstić information content (AvgIpc) is 2.97. The fraction of sp³-hybridized carbons (Fsp3) is 0.667. The molecule has 1 aromatic rings. The van der Waals surface area contributed by atoms with Crippen molar-refractivity contribution in [1.29, 1.82) is 0 Å². The van der Waals surface area contributed by atoms with E-state index in [4.69, 9.17) is 0 Å². The van der Waals surface area contributed by atoms with Gasteiger partial charge in [-0.05, 0) is 42.7 Å². The molecule has 0 unspecified atom stereocenters. The number of aliphatic hydroxyl groups excluding tert-OH is 1. The van der Waals surface area contributed by atoms with E-state index in [1.54, 1.807) is 0 Å². The van der Waals surface area contributed by atoms with Crippen molar-refractivity contribution in [3.8, 4) is 0 Å². The predicted molar refractivity (Wildman–Crippen MR) is 82.4 cm³/mol. The van der Waals surface area contributed by atoms with Gasteiger partial charge in [0.2, 0.25) is 0 Å². The normalized spacial score (nSPS) is 34.9. The number of nitrogens with zero attached hydrogens (tertiary/aromatic N) is 1.